The number of fused-ring (bicyclic) bond motifs is 1. The van der Waals surface area contributed by atoms with Gasteiger partial charge in [-0.2, -0.15) is 4.98 Å². The van der Waals surface area contributed by atoms with Crippen molar-refractivity contribution in [2.75, 3.05) is 5.73 Å². The van der Waals surface area contributed by atoms with Crippen LogP contribution in [-0.2, 0) is 22.0 Å². The molecule has 0 spiro atoms. The van der Waals surface area contributed by atoms with Gasteiger partial charge in [0.2, 0.25) is 9.84 Å². The normalized spacial score (nSPS) is 12.0. The number of nitrogen functional groups attached to an aromatic ring is 1. The molecule has 0 aliphatic heterocycles. The van der Waals surface area contributed by atoms with E-state index in [1.165, 1.54) is 11.3 Å². The van der Waals surface area contributed by atoms with Crippen molar-refractivity contribution < 1.29 is 12.8 Å². The SMILES string of the molecule is CCc1ccc(CS(=O)(=O)c2nc3cc(N)ccc3o2)s1. The first-order valence-electron chi connectivity index (χ1n) is 6.44. The van der Waals surface area contributed by atoms with E-state index in [0.29, 0.717) is 16.8 Å². The predicted molar refractivity (Wildman–Crippen MR) is 83.0 cm³/mol. The maximum absolute atomic E-state index is 12.4. The summed E-state index contributed by atoms with van der Waals surface area (Å²) in [6.45, 7) is 2.04. The third-order valence-corrected chi connectivity index (χ3v) is 5.87. The van der Waals surface area contributed by atoms with Crippen LogP contribution in [0.5, 0.6) is 0 Å². The van der Waals surface area contributed by atoms with Gasteiger partial charge < -0.3 is 10.2 Å². The number of hydrogen-bond acceptors (Lipinski definition) is 6. The third-order valence-electron chi connectivity index (χ3n) is 3.06. The van der Waals surface area contributed by atoms with Gasteiger partial charge in [0.15, 0.2) is 5.58 Å². The molecular formula is C14H14N2O3S2. The maximum Gasteiger partial charge on any atom is 0.316 e. The molecule has 0 unspecified atom stereocenters. The predicted octanol–water partition coefficient (Wildman–Crippen LogP) is 3.01. The highest BCUT2D eigenvalue weighted by atomic mass is 32.2. The average molecular weight is 322 g/mol. The monoisotopic (exact) mass is 322 g/mol. The van der Waals surface area contributed by atoms with Crippen molar-refractivity contribution in [3.63, 3.8) is 0 Å². The fourth-order valence-electron chi connectivity index (χ4n) is 2.00. The summed E-state index contributed by atoms with van der Waals surface area (Å²) >= 11 is 1.50. The molecule has 110 valence electrons. The van der Waals surface area contributed by atoms with Gasteiger partial charge >= 0.3 is 5.22 Å². The first-order chi connectivity index (χ1) is 9.98. The Bertz CT molecular complexity index is 894. The third kappa shape index (κ3) is 2.79. The number of benzene rings is 1. The van der Waals surface area contributed by atoms with Crippen LogP contribution in [0.1, 0.15) is 16.7 Å². The summed E-state index contributed by atoms with van der Waals surface area (Å²) in [5, 5.41) is -0.255. The van der Waals surface area contributed by atoms with E-state index in [9.17, 15) is 8.42 Å². The smallest absolute Gasteiger partial charge is 0.316 e. The summed E-state index contributed by atoms with van der Waals surface area (Å²) in [4.78, 5) is 5.98. The number of rotatable bonds is 4. The van der Waals surface area contributed by atoms with Gasteiger partial charge in [-0.3, -0.25) is 0 Å². The molecule has 0 amide bonds. The lowest BCUT2D eigenvalue weighted by molar-refractivity contribution is 0.458. The van der Waals surface area contributed by atoms with Crippen molar-refractivity contribution in [2.24, 2.45) is 0 Å². The van der Waals surface area contributed by atoms with Gasteiger partial charge in [0.25, 0.3) is 0 Å². The number of sulfone groups is 1. The quantitative estimate of drug-likeness (QED) is 0.746. The lowest BCUT2D eigenvalue weighted by Gasteiger charge is -1.96. The van der Waals surface area contributed by atoms with Crippen molar-refractivity contribution in [1.29, 1.82) is 0 Å². The van der Waals surface area contributed by atoms with E-state index >= 15 is 0 Å². The maximum atomic E-state index is 12.4. The van der Waals surface area contributed by atoms with Crippen LogP contribution in [0.25, 0.3) is 11.1 Å². The number of nitrogens with two attached hydrogens (primary N) is 1. The lowest BCUT2D eigenvalue weighted by Crippen LogP contribution is -2.03. The van der Waals surface area contributed by atoms with Crippen LogP contribution in [0, 0.1) is 0 Å². The summed E-state index contributed by atoms with van der Waals surface area (Å²) in [6.07, 6.45) is 0.896. The molecule has 0 saturated heterocycles. The van der Waals surface area contributed by atoms with Gasteiger partial charge in [-0.15, -0.1) is 11.3 Å². The molecule has 2 N–H and O–H groups in total. The fourth-order valence-corrected chi connectivity index (χ4v) is 4.50. The molecular weight excluding hydrogens is 308 g/mol. The summed E-state index contributed by atoms with van der Waals surface area (Å²) < 4.78 is 30.1. The van der Waals surface area contributed by atoms with E-state index in [0.717, 1.165) is 16.2 Å². The van der Waals surface area contributed by atoms with Gasteiger partial charge in [0, 0.05) is 15.4 Å². The molecule has 2 aromatic heterocycles. The Hall–Kier alpha value is -1.86. The number of anilines is 1. The van der Waals surface area contributed by atoms with E-state index in [1.54, 1.807) is 18.2 Å². The van der Waals surface area contributed by atoms with Crippen LogP contribution in [0.3, 0.4) is 0 Å². The van der Waals surface area contributed by atoms with Crippen LogP contribution in [0.4, 0.5) is 5.69 Å². The molecule has 5 nitrogen and oxygen atoms in total. The van der Waals surface area contributed by atoms with Crippen molar-refractivity contribution >= 4 is 38.0 Å². The van der Waals surface area contributed by atoms with Crippen molar-refractivity contribution in [1.82, 2.24) is 4.98 Å². The van der Waals surface area contributed by atoms with E-state index in [2.05, 4.69) is 4.98 Å². The molecule has 1 aromatic carbocycles. The largest absolute Gasteiger partial charge is 0.428 e. The molecule has 0 atom stereocenters. The second kappa shape index (κ2) is 5.16. The lowest BCUT2D eigenvalue weighted by atomic mass is 10.3. The Morgan fingerprint density at radius 2 is 2.00 bits per heavy atom. The first-order valence-corrected chi connectivity index (χ1v) is 8.91. The highest BCUT2D eigenvalue weighted by molar-refractivity contribution is 7.90. The van der Waals surface area contributed by atoms with E-state index in [-0.39, 0.29) is 11.0 Å². The van der Waals surface area contributed by atoms with Crippen LogP contribution in [0.15, 0.2) is 40.0 Å². The number of oxazole rings is 1. The van der Waals surface area contributed by atoms with Gasteiger partial charge in [-0.1, -0.05) is 6.92 Å². The Kier molecular flexibility index (Phi) is 3.46. The Morgan fingerprint density at radius 3 is 2.71 bits per heavy atom. The molecule has 0 saturated carbocycles. The van der Waals surface area contributed by atoms with Gasteiger partial charge in [0.1, 0.15) is 5.52 Å². The summed E-state index contributed by atoms with van der Waals surface area (Å²) in [5.74, 6) is -0.0973. The zero-order valence-electron chi connectivity index (χ0n) is 11.4. The van der Waals surface area contributed by atoms with Crippen molar-refractivity contribution in [3.8, 4) is 0 Å². The Morgan fingerprint density at radius 1 is 1.24 bits per heavy atom. The topological polar surface area (TPSA) is 86.2 Å². The zero-order chi connectivity index (χ0) is 15.0. The molecule has 21 heavy (non-hydrogen) atoms. The van der Waals surface area contributed by atoms with Crippen molar-refractivity contribution in [3.05, 3.63) is 40.1 Å². The van der Waals surface area contributed by atoms with Crippen LogP contribution in [-0.4, -0.2) is 13.4 Å². The van der Waals surface area contributed by atoms with Gasteiger partial charge in [-0.05, 0) is 36.8 Å². The molecule has 0 aliphatic carbocycles. The highest BCUT2D eigenvalue weighted by Gasteiger charge is 2.23. The highest BCUT2D eigenvalue weighted by Crippen LogP contribution is 2.26. The fraction of sp³-hybridized carbons (Fsp3) is 0.214. The van der Waals surface area contributed by atoms with Crippen LogP contribution < -0.4 is 5.73 Å². The minimum atomic E-state index is -3.59. The van der Waals surface area contributed by atoms with E-state index in [1.807, 2.05) is 19.1 Å². The van der Waals surface area contributed by atoms with Crippen LogP contribution in [0.2, 0.25) is 0 Å². The summed E-state index contributed by atoms with van der Waals surface area (Å²) in [5.41, 5.74) is 7.05. The van der Waals surface area contributed by atoms with E-state index < -0.39 is 9.84 Å². The Balaban J connectivity index is 1.95. The number of nitrogens with zero attached hydrogens (tertiary/aromatic N) is 1. The molecule has 7 heteroatoms. The van der Waals surface area contributed by atoms with Gasteiger partial charge in [-0.25, -0.2) is 8.42 Å². The van der Waals surface area contributed by atoms with Gasteiger partial charge in [0.05, 0.1) is 5.75 Å². The number of aryl methyl sites for hydroxylation is 1. The average Bonchev–Trinajstić information content (AvgIpc) is 3.04. The molecule has 0 bridgehead atoms. The Labute approximate surface area is 126 Å². The second-order valence-corrected chi connectivity index (χ2v) is 7.81. The molecule has 3 aromatic rings. The molecule has 2 heterocycles. The number of hydrogen-bond donors (Lipinski definition) is 1. The van der Waals surface area contributed by atoms with Crippen LogP contribution >= 0.6 is 11.3 Å². The number of aromatic nitrogens is 1. The first kappa shape index (κ1) is 14.1. The molecule has 0 radical (unpaired) electrons. The summed E-state index contributed by atoms with van der Waals surface area (Å²) in [7, 11) is -3.59. The summed E-state index contributed by atoms with van der Waals surface area (Å²) in [6, 6.07) is 8.65. The zero-order valence-corrected chi connectivity index (χ0v) is 13.0. The van der Waals surface area contributed by atoms with E-state index in [4.69, 9.17) is 10.2 Å². The molecule has 0 fully saturated rings. The van der Waals surface area contributed by atoms with Crippen molar-refractivity contribution in [2.45, 2.75) is 24.3 Å². The molecule has 3 rings (SSSR count). The minimum absolute atomic E-state index is 0.0973. The standard InChI is InChI=1S/C14H14N2O3S2/c1-2-10-4-5-11(20-10)8-21(17,18)14-16-12-7-9(15)3-6-13(12)19-14/h3-7H,2,8,15H2,1H3. The molecule has 0 aliphatic rings. The minimum Gasteiger partial charge on any atom is -0.428 e. The second-order valence-electron chi connectivity index (χ2n) is 4.69. The number of thiophene rings is 1.